The number of carbonyl (C=O) groups is 2. The highest BCUT2D eigenvalue weighted by Crippen LogP contribution is 2.38. The molecule has 1 amide bonds. The van der Waals surface area contributed by atoms with Crippen LogP contribution in [-0.2, 0) is 28.9 Å². The van der Waals surface area contributed by atoms with Gasteiger partial charge in [0.2, 0.25) is 5.91 Å². The molecule has 1 unspecified atom stereocenters. The van der Waals surface area contributed by atoms with Crippen LogP contribution >= 0.6 is 34.7 Å². The molecule has 0 saturated carbocycles. The van der Waals surface area contributed by atoms with Crippen LogP contribution < -0.4 is 10.1 Å². The van der Waals surface area contributed by atoms with E-state index in [1.165, 1.54) is 35.1 Å². The van der Waals surface area contributed by atoms with Gasteiger partial charge in [0, 0.05) is 16.4 Å². The first-order valence-electron chi connectivity index (χ1n) is 12.7. The minimum atomic E-state index is -0.400. The zero-order chi connectivity index (χ0) is 27.4. The van der Waals surface area contributed by atoms with Crippen molar-refractivity contribution in [3.8, 4) is 5.75 Å². The number of thioether (sulfide) groups is 1. The molecule has 1 atom stereocenters. The fourth-order valence-corrected chi connectivity index (χ4v) is 6.89. The molecule has 0 spiro atoms. The predicted octanol–water partition coefficient (Wildman–Crippen LogP) is 6.56. The molecule has 1 aliphatic rings. The minimum absolute atomic E-state index is 0.131. The fourth-order valence-electron chi connectivity index (χ4n) is 4.68. The molecular formula is C27H33ClN4O4S2. The zero-order valence-electron chi connectivity index (χ0n) is 22.4. The maximum Gasteiger partial charge on any atom is 0.341 e. The molecule has 0 bridgehead atoms. The van der Waals surface area contributed by atoms with Crippen molar-refractivity contribution >= 4 is 51.6 Å². The largest absolute Gasteiger partial charge is 0.483 e. The number of methoxy groups -OCH3 is 1. The summed E-state index contributed by atoms with van der Waals surface area (Å²) in [7, 11) is 1.37. The number of nitrogens with zero attached hydrogens (tertiary/aromatic N) is 3. The Morgan fingerprint density at radius 1 is 1.18 bits per heavy atom. The summed E-state index contributed by atoms with van der Waals surface area (Å²) in [5.41, 5.74) is 3.43. The van der Waals surface area contributed by atoms with E-state index in [4.69, 9.17) is 21.1 Å². The van der Waals surface area contributed by atoms with Crippen molar-refractivity contribution in [1.29, 1.82) is 0 Å². The maximum atomic E-state index is 12.9. The van der Waals surface area contributed by atoms with Gasteiger partial charge in [0.15, 0.2) is 17.1 Å². The second-order valence-electron chi connectivity index (χ2n) is 9.31. The van der Waals surface area contributed by atoms with Crippen molar-refractivity contribution in [2.24, 2.45) is 0 Å². The van der Waals surface area contributed by atoms with Gasteiger partial charge in [-0.25, -0.2) is 4.79 Å². The Hall–Kier alpha value is -2.56. The molecule has 2 aromatic heterocycles. The summed E-state index contributed by atoms with van der Waals surface area (Å²) in [5.74, 6) is 0.914. The first-order chi connectivity index (χ1) is 18.2. The maximum absolute atomic E-state index is 12.9. The summed E-state index contributed by atoms with van der Waals surface area (Å²) >= 11 is 9.08. The van der Waals surface area contributed by atoms with E-state index < -0.39 is 5.97 Å². The first-order valence-corrected chi connectivity index (χ1v) is 14.9. The van der Waals surface area contributed by atoms with Crippen LogP contribution in [0.25, 0.3) is 0 Å². The topological polar surface area (TPSA) is 95.3 Å². The van der Waals surface area contributed by atoms with Gasteiger partial charge in [-0.15, -0.1) is 21.5 Å². The Bertz CT molecular complexity index is 1310. The number of rotatable bonds is 9. The van der Waals surface area contributed by atoms with Crippen LogP contribution in [0.1, 0.15) is 77.0 Å². The van der Waals surface area contributed by atoms with Gasteiger partial charge in [-0.05, 0) is 82.2 Å². The molecule has 11 heteroatoms. The van der Waals surface area contributed by atoms with Crippen molar-refractivity contribution in [3.05, 3.63) is 50.1 Å². The summed E-state index contributed by atoms with van der Waals surface area (Å²) < 4.78 is 13.2. The fraction of sp³-hybridized carbons (Fsp3) is 0.481. The number of ether oxygens (including phenoxy) is 2. The van der Waals surface area contributed by atoms with Crippen LogP contribution in [0.2, 0.25) is 5.02 Å². The van der Waals surface area contributed by atoms with Gasteiger partial charge < -0.3 is 19.4 Å². The Balaban J connectivity index is 1.44. The van der Waals surface area contributed by atoms with Crippen LogP contribution in [0.5, 0.6) is 5.75 Å². The van der Waals surface area contributed by atoms with Gasteiger partial charge in [0.25, 0.3) is 0 Å². The van der Waals surface area contributed by atoms with E-state index in [1.807, 2.05) is 44.4 Å². The standard InChI is InChI=1S/C27H33ClN4O4S2/c1-6-32-24(17(4)36-18-12-15(2)23(28)16(3)13-18)30-31-27(32)37-14-21(33)29-25-22(26(34)35-5)19-10-8-7-9-11-20(19)38-25/h12-13,17H,6-11,14H2,1-5H3,(H,29,33). The number of hydrogen-bond acceptors (Lipinski definition) is 8. The molecule has 1 aromatic carbocycles. The molecule has 0 saturated heterocycles. The lowest BCUT2D eigenvalue weighted by Crippen LogP contribution is -2.17. The highest BCUT2D eigenvalue weighted by atomic mass is 35.5. The summed E-state index contributed by atoms with van der Waals surface area (Å²) in [4.78, 5) is 26.7. The molecular weight excluding hydrogens is 544 g/mol. The smallest absolute Gasteiger partial charge is 0.341 e. The van der Waals surface area contributed by atoms with Crippen LogP contribution in [0.4, 0.5) is 5.00 Å². The lowest BCUT2D eigenvalue weighted by molar-refractivity contribution is -0.113. The van der Waals surface area contributed by atoms with E-state index in [-0.39, 0.29) is 17.8 Å². The van der Waals surface area contributed by atoms with Crippen molar-refractivity contribution < 1.29 is 19.1 Å². The number of thiophene rings is 1. The average Bonchev–Trinajstić information content (AvgIpc) is 3.38. The summed E-state index contributed by atoms with van der Waals surface area (Å²) in [6, 6.07) is 3.82. The van der Waals surface area contributed by atoms with Gasteiger partial charge in [0.1, 0.15) is 10.8 Å². The Labute approximate surface area is 236 Å². The molecule has 8 nitrogen and oxygen atoms in total. The predicted molar refractivity (Wildman–Crippen MR) is 152 cm³/mol. The molecule has 204 valence electrons. The molecule has 1 aliphatic carbocycles. The number of aromatic nitrogens is 3. The van der Waals surface area contributed by atoms with E-state index in [0.29, 0.717) is 33.8 Å². The second kappa shape index (κ2) is 12.5. The monoisotopic (exact) mass is 576 g/mol. The number of hydrogen-bond donors (Lipinski definition) is 1. The molecule has 4 rings (SSSR count). The summed E-state index contributed by atoms with van der Waals surface area (Å²) in [6.45, 7) is 8.44. The lowest BCUT2D eigenvalue weighted by Gasteiger charge is -2.17. The third-order valence-electron chi connectivity index (χ3n) is 6.54. The highest BCUT2D eigenvalue weighted by molar-refractivity contribution is 7.99. The SMILES string of the molecule is CCn1c(SCC(=O)Nc2sc3c(c2C(=O)OC)CCCCC3)nnc1C(C)Oc1cc(C)c(Cl)c(C)c1. The van der Waals surface area contributed by atoms with Gasteiger partial charge in [-0.3, -0.25) is 4.79 Å². The molecule has 3 aromatic rings. The number of nitrogens with one attached hydrogen (secondary N) is 1. The molecule has 0 radical (unpaired) electrons. The van der Waals surface area contributed by atoms with Crippen LogP contribution in [0.15, 0.2) is 17.3 Å². The number of aryl methyl sites for hydroxylation is 3. The second-order valence-corrected chi connectivity index (χ2v) is 11.7. The van der Waals surface area contributed by atoms with E-state index in [2.05, 4.69) is 15.5 Å². The van der Waals surface area contributed by atoms with Gasteiger partial charge in [-0.1, -0.05) is 29.8 Å². The third kappa shape index (κ3) is 6.18. The number of amides is 1. The lowest BCUT2D eigenvalue weighted by atomic mass is 10.1. The zero-order valence-corrected chi connectivity index (χ0v) is 24.7. The van der Waals surface area contributed by atoms with E-state index in [1.54, 1.807) is 0 Å². The number of esters is 1. The average molecular weight is 577 g/mol. The molecule has 0 fully saturated rings. The van der Waals surface area contributed by atoms with Crippen molar-refractivity contribution in [3.63, 3.8) is 0 Å². The Morgan fingerprint density at radius 3 is 2.58 bits per heavy atom. The normalized spacial score (nSPS) is 13.9. The first kappa shape index (κ1) is 28.4. The number of anilines is 1. The van der Waals surface area contributed by atoms with Crippen LogP contribution in [0.3, 0.4) is 0 Å². The van der Waals surface area contributed by atoms with Crippen LogP contribution in [-0.4, -0.2) is 39.5 Å². The van der Waals surface area contributed by atoms with Gasteiger partial charge >= 0.3 is 5.97 Å². The quantitative estimate of drug-likeness (QED) is 0.175. The Kier molecular flexibility index (Phi) is 9.38. The molecule has 0 aliphatic heterocycles. The number of benzene rings is 1. The summed E-state index contributed by atoms with van der Waals surface area (Å²) in [6.07, 6.45) is 4.67. The molecule has 38 heavy (non-hydrogen) atoms. The van der Waals surface area contributed by atoms with Crippen molar-refractivity contribution in [2.75, 3.05) is 18.2 Å². The Morgan fingerprint density at radius 2 is 1.89 bits per heavy atom. The molecule has 1 N–H and O–H groups in total. The van der Waals surface area contributed by atoms with E-state index in [9.17, 15) is 9.59 Å². The number of fused-ring (bicyclic) bond motifs is 1. The highest BCUT2D eigenvalue weighted by Gasteiger charge is 2.27. The number of carbonyl (C=O) groups excluding carboxylic acids is 2. The van der Waals surface area contributed by atoms with E-state index in [0.717, 1.165) is 53.8 Å². The molecule has 2 heterocycles. The van der Waals surface area contributed by atoms with Gasteiger partial charge in [0.05, 0.1) is 18.4 Å². The van der Waals surface area contributed by atoms with Crippen molar-refractivity contribution in [1.82, 2.24) is 14.8 Å². The van der Waals surface area contributed by atoms with Crippen molar-refractivity contribution in [2.45, 2.75) is 77.6 Å². The minimum Gasteiger partial charge on any atom is -0.483 e. The number of halogens is 1. The van der Waals surface area contributed by atoms with Gasteiger partial charge in [-0.2, -0.15) is 0 Å². The van der Waals surface area contributed by atoms with Crippen LogP contribution in [0, 0.1) is 13.8 Å². The third-order valence-corrected chi connectivity index (χ3v) is 9.31. The van der Waals surface area contributed by atoms with E-state index >= 15 is 0 Å². The summed E-state index contributed by atoms with van der Waals surface area (Å²) in [5, 5.41) is 13.6.